The summed E-state index contributed by atoms with van der Waals surface area (Å²) in [5.41, 5.74) is 0.205. The molecule has 0 unspecified atom stereocenters. The standard InChI is InChI=1S/C12H12FN5O/c13-9-4-8(5-14-6-9)12(19)17-10-2-1-3-18-11(10)15-7-16-18/h4-7,10H,1-3H2,(H,17,19)/t10-/m0/s1. The van der Waals surface area contributed by atoms with Crippen molar-refractivity contribution in [2.24, 2.45) is 0 Å². The summed E-state index contributed by atoms with van der Waals surface area (Å²) in [5.74, 6) is -0.142. The predicted molar refractivity (Wildman–Crippen MR) is 63.7 cm³/mol. The van der Waals surface area contributed by atoms with Crippen LogP contribution in [-0.4, -0.2) is 25.7 Å². The largest absolute Gasteiger partial charge is 0.342 e. The molecule has 1 atom stereocenters. The highest BCUT2D eigenvalue weighted by Crippen LogP contribution is 2.22. The van der Waals surface area contributed by atoms with Crippen LogP contribution in [0.3, 0.4) is 0 Å². The van der Waals surface area contributed by atoms with Gasteiger partial charge in [-0.3, -0.25) is 9.78 Å². The molecule has 19 heavy (non-hydrogen) atoms. The summed E-state index contributed by atoms with van der Waals surface area (Å²) in [6.45, 7) is 0.809. The van der Waals surface area contributed by atoms with Crippen LogP contribution in [0.1, 0.15) is 35.1 Å². The number of rotatable bonds is 2. The second-order valence-corrected chi connectivity index (χ2v) is 4.40. The molecule has 0 radical (unpaired) electrons. The topological polar surface area (TPSA) is 72.7 Å². The first-order valence-electron chi connectivity index (χ1n) is 6.03. The first-order chi connectivity index (χ1) is 9.24. The summed E-state index contributed by atoms with van der Waals surface area (Å²) in [6, 6.07) is 0.975. The highest BCUT2D eigenvalue weighted by Gasteiger charge is 2.24. The van der Waals surface area contributed by atoms with Crippen LogP contribution in [0.2, 0.25) is 0 Å². The third kappa shape index (κ3) is 2.31. The number of nitrogens with one attached hydrogen (secondary N) is 1. The number of amides is 1. The van der Waals surface area contributed by atoms with Crippen LogP contribution in [0.4, 0.5) is 4.39 Å². The molecule has 0 saturated heterocycles. The summed E-state index contributed by atoms with van der Waals surface area (Å²) in [6.07, 6.45) is 5.60. The van der Waals surface area contributed by atoms with Crippen LogP contribution >= 0.6 is 0 Å². The smallest absolute Gasteiger partial charge is 0.253 e. The molecule has 0 fully saturated rings. The van der Waals surface area contributed by atoms with Gasteiger partial charge in [-0.15, -0.1) is 0 Å². The van der Waals surface area contributed by atoms with Crippen LogP contribution in [0.25, 0.3) is 0 Å². The molecule has 0 aromatic carbocycles. The minimum atomic E-state index is -0.528. The molecule has 7 heteroatoms. The van der Waals surface area contributed by atoms with Crippen molar-refractivity contribution in [3.8, 4) is 0 Å². The van der Waals surface area contributed by atoms with Gasteiger partial charge in [0.25, 0.3) is 5.91 Å². The summed E-state index contributed by atoms with van der Waals surface area (Å²) >= 11 is 0. The van der Waals surface area contributed by atoms with E-state index in [4.69, 9.17) is 0 Å². The summed E-state index contributed by atoms with van der Waals surface area (Å²) in [4.78, 5) is 19.8. The van der Waals surface area contributed by atoms with Gasteiger partial charge in [-0.05, 0) is 18.9 Å². The number of aromatic nitrogens is 4. The molecular weight excluding hydrogens is 249 g/mol. The average Bonchev–Trinajstić information content (AvgIpc) is 2.88. The fourth-order valence-corrected chi connectivity index (χ4v) is 2.20. The van der Waals surface area contributed by atoms with Crippen molar-refractivity contribution in [2.75, 3.05) is 0 Å². The number of fused-ring (bicyclic) bond motifs is 1. The Kier molecular flexibility index (Phi) is 2.94. The highest BCUT2D eigenvalue weighted by atomic mass is 19.1. The average molecular weight is 261 g/mol. The van der Waals surface area contributed by atoms with Crippen LogP contribution in [0.5, 0.6) is 0 Å². The van der Waals surface area contributed by atoms with E-state index < -0.39 is 5.82 Å². The molecule has 98 valence electrons. The van der Waals surface area contributed by atoms with E-state index >= 15 is 0 Å². The van der Waals surface area contributed by atoms with Gasteiger partial charge in [0.2, 0.25) is 0 Å². The maximum atomic E-state index is 13.0. The van der Waals surface area contributed by atoms with Gasteiger partial charge in [0.1, 0.15) is 18.0 Å². The third-order valence-electron chi connectivity index (χ3n) is 3.09. The maximum Gasteiger partial charge on any atom is 0.253 e. The van der Waals surface area contributed by atoms with Gasteiger partial charge in [-0.25, -0.2) is 14.1 Å². The van der Waals surface area contributed by atoms with Gasteiger partial charge in [-0.1, -0.05) is 0 Å². The fourth-order valence-electron chi connectivity index (χ4n) is 2.20. The minimum Gasteiger partial charge on any atom is -0.342 e. The molecule has 1 amide bonds. The zero-order valence-electron chi connectivity index (χ0n) is 10.1. The van der Waals surface area contributed by atoms with Crippen LogP contribution in [-0.2, 0) is 6.54 Å². The number of aryl methyl sites for hydroxylation is 1. The van der Waals surface area contributed by atoms with Crippen LogP contribution in [0, 0.1) is 5.82 Å². The molecule has 0 spiro atoms. The van der Waals surface area contributed by atoms with E-state index in [0.717, 1.165) is 37.5 Å². The van der Waals surface area contributed by atoms with E-state index in [9.17, 15) is 9.18 Å². The number of halogens is 1. The van der Waals surface area contributed by atoms with Gasteiger partial charge >= 0.3 is 0 Å². The molecule has 0 aliphatic carbocycles. The van der Waals surface area contributed by atoms with Gasteiger partial charge in [-0.2, -0.15) is 5.10 Å². The lowest BCUT2D eigenvalue weighted by molar-refractivity contribution is 0.0926. The number of hydrogen-bond acceptors (Lipinski definition) is 4. The number of nitrogens with zero attached hydrogens (tertiary/aromatic N) is 4. The number of carbonyl (C=O) groups excluding carboxylic acids is 1. The Labute approximate surface area is 108 Å². The van der Waals surface area contributed by atoms with Crippen LogP contribution in [0.15, 0.2) is 24.8 Å². The quantitative estimate of drug-likeness (QED) is 0.877. The lowest BCUT2D eigenvalue weighted by Crippen LogP contribution is -2.33. The van der Waals surface area contributed by atoms with E-state index in [-0.39, 0.29) is 17.5 Å². The van der Waals surface area contributed by atoms with Crippen molar-refractivity contribution in [2.45, 2.75) is 25.4 Å². The first kappa shape index (κ1) is 11.8. The lowest BCUT2D eigenvalue weighted by Gasteiger charge is -2.23. The van der Waals surface area contributed by atoms with E-state index in [0.29, 0.717) is 0 Å². The molecule has 1 N–H and O–H groups in total. The Morgan fingerprint density at radius 3 is 3.21 bits per heavy atom. The van der Waals surface area contributed by atoms with Crippen molar-refractivity contribution in [1.29, 1.82) is 0 Å². The molecular formula is C12H12FN5O. The van der Waals surface area contributed by atoms with E-state index in [1.807, 2.05) is 0 Å². The first-order valence-corrected chi connectivity index (χ1v) is 6.03. The number of pyridine rings is 1. The predicted octanol–water partition coefficient (Wildman–Crippen LogP) is 1.08. The molecule has 0 bridgehead atoms. The Balaban J connectivity index is 1.78. The minimum absolute atomic E-state index is 0.188. The molecule has 3 rings (SSSR count). The Morgan fingerprint density at radius 2 is 2.37 bits per heavy atom. The second kappa shape index (κ2) is 4.75. The Morgan fingerprint density at radius 1 is 1.47 bits per heavy atom. The van der Waals surface area contributed by atoms with E-state index in [1.54, 1.807) is 4.68 Å². The summed E-state index contributed by atoms with van der Waals surface area (Å²) in [7, 11) is 0. The molecule has 1 aliphatic rings. The zero-order chi connectivity index (χ0) is 13.2. The van der Waals surface area contributed by atoms with Gasteiger partial charge in [0.05, 0.1) is 17.8 Å². The number of carbonyl (C=O) groups is 1. The van der Waals surface area contributed by atoms with Crippen molar-refractivity contribution < 1.29 is 9.18 Å². The lowest BCUT2D eigenvalue weighted by atomic mass is 10.1. The van der Waals surface area contributed by atoms with Gasteiger partial charge < -0.3 is 5.32 Å². The molecule has 2 aromatic rings. The Hall–Kier alpha value is -2.31. The zero-order valence-corrected chi connectivity index (χ0v) is 10.1. The highest BCUT2D eigenvalue weighted by molar-refractivity contribution is 5.94. The SMILES string of the molecule is O=C(N[C@H]1CCCn2ncnc21)c1cncc(F)c1. The molecule has 0 saturated carbocycles. The van der Waals surface area contributed by atoms with Crippen molar-refractivity contribution in [3.63, 3.8) is 0 Å². The van der Waals surface area contributed by atoms with E-state index in [2.05, 4.69) is 20.4 Å². The maximum absolute atomic E-state index is 13.0. The molecule has 3 heterocycles. The van der Waals surface area contributed by atoms with Crippen molar-refractivity contribution >= 4 is 5.91 Å². The normalized spacial score (nSPS) is 17.8. The van der Waals surface area contributed by atoms with Gasteiger partial charge in [0.15, 0.2) is 0 Å². The summed E-state index contributed by atoms with van der Waals surface area (Å²) in [5, 5.41) is 6.92. The monoisotopic (exact) mass is 261 g/mol. The Bertz CT molecular complexity index is 612. The van der Waals surface area contributed by atoms with Crippen LogP contribution < -0.4 is 5.32 Å². The fraction of sp³-hybridized carbons (Fsp3) is 0.333. The van der Waals surface area contributed by atoms with E-state index in [1.165, 1.54) is 12.5 Å². The third-order valence-corrected chi connectivity index (χ3v) is 3.09. The van der Waals surface area contributed by atoms with Crippen molar-refractivity contribution in [3.05, 3.63) is 42.0 Å². The number of hydrogen-bond donors (Lipinski definition) is 1. The molecule has 2 aromatic heterocycles. The summed E-state index contributed by atoms with van der Waals surface area (Å²) < 4.78 is 14.8. The molecule has 1 aliphatic heterocycles. The molecule has 6 nitrogen and oxygen atoms in total. The second-order valence-electron chi connectivity index (χ2n) is 4.40. The van der Waals surface area contributed by atoms with Crippen molar-refractivity contribution in [1.82, 2.24) is 25.1 Å². The van der Waals surface area contributed by atoms with Gasteiger partial charge in [0, 0.05) is 12.7 Å².